The zero-order chi connectivity index (χ0) is 14.8. The summed E-state index contributed by atoms with van der Waals surface area (Å²) in [6.45, 7) is 0.294. The summed E-state index contributed by atoms with van der Waals surface area (Å²) in [6, 6.07) is 3.05. The summed E-state index contributed by atoms with van der Waals surface area (Å²) in [6.07, 6.45) is 0.779. The molecule has 2 heterocycles. The van der Waals surface area contributed by atoms with Gasteiger partial charge in [0.2, 0.25) is 0 Å². The number of carboxylic acid groups (broad SMARTS) is 1. The van der Waals surface area contributed by atoms with Gasteiger partial charge in [-0.05, 0) is 25.0 Å². The molecule has 1 aromatic heterocycles. The van der Waals surface area contributed by atoms with Gasteiger partial charge >= 0.3 is 5.97 Å². The van der Waals surface area contributed by atoms with E-state index in [-0.39, 0.29) is 16.9 Å². The third-order valence-electron chi connectivity index (χ3n) is 2.99. The summed E-state index contributed by atoms with van der Waals surface area (Å²) in [4.78, 5) is 10.4. The van der Waals surface area contributed by atoms with Crippen LogP contribution in [0.25, 0.3) is 0 Å². The molecule has 0 aromatic carbocycles. The number of thiophene rings is 1. The molecule has 1 fully saturated rings. The maximum atomic E-state index is 12.3. The first-order valence-corrected chi connectivity index (χ1v) is 8.62. The van der Waals surface area contributed by atoms with Gasteiger partial charge in [0.1, 0.15) is 10.8 Å². The summed E-state index contributed by atoms with van der Waals surface area (Å²) < 4.78 is 31.9. The van der Waals surface area contributed by atoms with Gasteiger partial charge in [-0.25, -0.2) is 13.2 Å². The molecule has 1 aliphatic rings. The van der Waals surface area contributed by atoms with Gasteiger partial charge in [0.15, 0.2) is 0 Å². The number of carboxylic acids is 1. The molecule has 0 aliphatic carbocycles. The highest BCUT2D eigenvalue weighted by Gasteiger charge is 2.30. The van der Waals surface area contributed by atoms with Crippen molar-refractivity contribution in [3.63, 3.8) is 0 Å². The first-order valence-electron chi connectivity index (χ1n) is 5.98. The lowest BCUT2D eigenvalue weighted by Crippen LogP contribution is -2.41. The maximum absolute atomic E-state index is 12.3. The third-order valence-corrected chi connectivity index (χ3v) is 6.58. The second kappa shape index (κ2) is 6.40. The molecule has 9 heteroatoms. The van der Waals surface area contributed by atoms with Crippen LogP contribution in [0.5, 0.6) is 0 Å². The predicted molar refractivity (Wildman–Crippen MR) is 74.7 cm³/mol. The van der Waals surface area contributed by atoms with Gasteiger partial charge in [0.05, 0.1) is 10.4 Å². The van der Waals surface area contributed by atoms with Gasteiger partial charge < -0.3 is 9.84 Å². The minimum atomic E-state index is -3.50. The Morgan fingerprint density at radius 1 is 1.45 bits per heavy atom. The van der Waals surface area contributed by atoms with Crippen molar-refractivity contribution < 1.29 is 23.1 Å². The van der Waals surface area contributed by atoms with Crippen molar-refractivity contribution in [3.8, 4) is 0 Å². The van der Waals surface area contributed by atoms with E-state index in [1.165, 1.54) is 10.4 Å². The number of piperidine rings is 1. The van der Waals surface area contributed by atoms with Crippen molar-refractivity contribution in [2.45, 2.75) is 23.2 Å². The smallest absolute Gasteiger partial charge is 0.329 e. The van der Waals surface area contributed by atoms with Crippen LogP contribution in [0.1, 0.15) is 12.8 Å². The highest BCUT2D eigenvalue weighted by molar-refractivity contribution is 7.91. The summed E-state index contributed by atoms with van der Waals surface area (Å²) in [5, 5.41) is 8.53. The molecule has 0 amide bonds. The minimum absolute atomic E-state index is 0.204. The average molecular weight is 340 g/mol. The molecule has 2 rings (SSSR count). The van der Waals surface area contributed by atoms with Gasteiger partial charge in [-0.1, -0.05) is 11.6 Å². The van der Waals surface area contributed by atoms with E-state index in [1.807, 2.05) is 0 Å². The molecule has 6 nitrogen and oxygen atoms in total. The lowest BCUT2D eigenvalue weighted by molar-refractivity contribution is -0.145. The van der Waals surface area contributed by atoms with E-state index in [0.717, 1.165) is 11.3 Å². The van der Waals surface area contributed by atoms with Gasteiger partial charge in [0.25, 0.3) is 10.0 Å². The topological polar surface area (TPSA) is 83.9 Å². The minimum Gasteiger partial charge on any atom is -0.480 e. The standard InChI is InChI=1S/C11H14ClNO5S2/c12-9-1-2-11(19-9)20(16,17)13-5-3-8(4-6-13)18-7-10(14)15/h1-2,8H,3-7H2,(H,14,15). The highest BCUT2D eigenvalue weighted by atomic mass is 35.5. The van der Waals surface area contributed by atoms with E-state index in [0.29, 0.717) is 30.3 Å². The van der Waals surface area contributed by atoms with E-state index < -0.39 is 16.0 Å². The van der Waals surface area contributed by atoms with Crippen LogP contribution in [0.4, 0.5) is 0 Å². The third kappa shape index (κ3) is 3.70. The van der Waals surface area contributed by atoms with Gasteiger partial charge in [0, 0.05) is 13.1 Å². The number of halogens is 1. The Kier molecular flexibility index (Phi) is 5.03. The SMILES string of the molecule is O=C(O)COC1CCN(S(=O)(=O)c2ccc(Cl)s2)CC1. The van der Waals surface area contributed by atoms with Crippen LogP contribution in [-0.2, 0) is 19.6 Å². The molecule has 1 aliphatic heterocycles. The Bertz CT molecular complexity index is 577. The van der Waals surface area contributed by atoms with Crippen LogP contribution in [-0.4, -0.2) is 49.6 Å². The molecule has 20 heavy (non-hydrogen) atoms. The van der Waals surface area contributed by atoms with Crippen LogP contribution in [0.15, 0.2) is 16.3 Å². The number of aliphatic carboxylic acids is 1. The van der Waals surface area contributed by atoms with Crippen molar-refractivity contribution in [2.75, 3.05) is 19.7 Å². The number of hydrogen-bond donors (Lipinski definition) is 1. The molecular weight excluding hydrogens is 326 g/mol. The van der Waals surface area contributed by atoms with Crippen LogP contribution in [0.3, 0.4) is 0 Å². The van der Waals surface area contributed by atoms with Crippen LogP contribution >= 0.6 is 22.9 Å². The normalized spacial score (nSPS) is 18.2. The summed E-state index contributed by atoms with van der Waals surface area (Å²) >= 11 is 6.79. The second-order valence-corrected chi connectivity index (χ2v) is 8.25. The zero-order valence-corrected chi connectivity index (χ0v) is 12.9. The van der Waals surface area contributed by atoms with Crippen molar-refractivity contribution in [1.82, 2.24) is 4.31 Å². The largest absolute Gasteiger partial charge is 0.480 e. The van der Waals surface area contributed by atoms with Crippen molar-refractivity contribution in [2.24, 2.45) is 0 Å². The Morgan fingerprint density at radius 3 is 2.60 bits per heavy atom. The quantitative estimate of drug-likeness (QED) is 0.882. The number of sulfonamides is 1. The molecule has 0 atom stereocenters. The van der Waals surface area contributed by atoms with Gasteiger partial charge in [-0.2, -0.15) is 4.31 Å². The van der Waals surface area contributed by atoms with Gasteiger partial charge in [-0.3, -0.25) is 0 Å². The van der Waals surface area contributed by atoms with E-state index in [1.54, 1.807) is 6.07 Å². The number of carbonyl (C=O) groups is 1. The van der Waals surface area contributed by atoms with E-state index in [9.17, 15) is 13.2 Å². The molecule has 0 saturated carbocycles. The fourth-order valence-corrected chi connectivity index (χ4v) is 5.10. The molecule has 0 radical (unpaired) electrons. The summed E-state index contributed by atoms with van der Waals surface area (Å²) in [5.74, 6) is -1.02. The molecule has 1 N–H and O–H groups in total. The summed E-state index contributed by atoms with van der Waals surface area (Å²) in [7, 11) is -3.50. The molecule has 0 bridgehead atoms. The Hall–Kier alpha value is -0.670. The lowest BCUT2D eigenvalue weighted by atomic mass is 10.1. The van der Waals surface area contributed by atoms with E-state index >= 15 is 0 Å². The average Bonchev–Trinajstić information content (AvgIpc) is 2.84. The number of nitrogens with zero attached hydrogens (tertiary/aromatic N) is 1. The van der Waals surface area contributed by atoms with Crippen molar-refractivity contribution in [3.05, 3.63) is 16.5 Å². The van der Waals surface area contributed by atoms with Gasteiger partial charge in [-0.15, -0.1) is 11.3 Å². The molecule has 0 unspecified atom stereocenters. The lowest BCUT2D eigenvalue weighted by Gasteiger charge is -2.30. The Morgan fingerprint density at radius 2 is 2.10 bits per heavy atom. The molecule has 112 valence electrons. The van der Waals surface area contributed by atoms with Crippen molar-refractivity contribution >= 4 is 38.9 Å². The second-order valence-electron chi connectivity index (χ2n) is 4.37. The summed E-state index contributed by atoms with van der Waals surface area (Å²) in [5.41, 5.74) is 0. The van der Waals surface area contributed by atoms with E-state index in [2.05, 4.69) is 0 Å². The van der Waals surface area contributed by atoms with Crippen LogP contribution < -0.4 is 0 Å². The Labute approximate surface area is 126 Å². The van der Waals surface area contributed by atoms with E-state index in [4.69, 9.17) is 21.4 Å². The van der Waals surface area contributed by atoms with Crippen LogP contribution in [0.2, 0.25) is 4.34 Å². The number of rotatable bonds is 5. The number of ether oxygens (including phenoxy) is 1. The Balaban J connectivity index is 1.95. The monoisotopic (exact) mass is 339 g/mol. The first-order chi connectivity index (χ1) is 9.39. The van der Waals surface area contributed by atoms with Crippen molar-refractivity contribution in [1.29, 1.82) is 0 Å². The first kappa shape index (κ1) is 15.7. The maximum Gasteiger partial charge on any atom is 0.329 e. The molecular formula is C11H14ClNO5S2. The highest BCUT2D eigenvalue weighted by Crippen LogP contribution is 2.29. The zero-order valence-electron chi connectivity index (χ0n) is 10.5. The fourth-order valence-electron chi connectivity index (χ4n) is 1.99. The molecule has 0 spiro atoms. The molecule has 1 aromatic rings. The number of hydrogen-bond acceptors (Lipinski definition) is 5. The predicted octanol–water partition coefficient (Wildman–Crippen LogP) is 1.66. The van der Waals surface area contributed by atoms with Crippen LogP contribution in [0, 0.1) is 0 Å². The fraction of sp³-hybridized carbons (Fsp3) is 0.545. The molecule has 1 saturated heterocycles.